The maximum absolute atomic E-state index is 12.6. The summed E-state index contributed by atoms with van der Waals surface area (Å²) in [6.07, 6.45) is 44.2. The minimum atomic E-state index is -4.37. The molecular weight excluding hydrogens is 725 g/mol. The number of ether oxygens (including phenoxy) is 2. The first-order valence-corrected chi connectivity index (χ1v) is 25.5. The molecule has 0 saturated carbocycles. The van der Waals surface area contributed by atoms with Gasteiger partial charge in [-0.05, 0) is 12.8 Å². The fourth-order valence-electron chi connectivity index (χ4n) is 7.17. The van der Waals surface area contributed by atoms with Gasteiger partial charge in [0.15, 0.2) is 6.10 Å². The van der Waals surface area contributed by atoms with Gasteiger partial charge in [0.25, 0.3) is 0 Å². The maximum atomic E-state index is 12.6. The van der Waals surface area contributed by atoms with Crippen LogP contribution in [-0.2, 0) is 32.7 Å². The maximum Gasteiger partial charge on any atom is 0.472 e. The molecule has 334 valence electrons. The number of phosphoric ester groups is 1. The molecule has 9 nitrogen and oxygen atoms in total. The van der Waals surface area contributed by atoms with Crippen LogP contribution in [0.25, 0.3) is 0 Å². The highest BCUT2D eigenvalue weighted by molar-refractivity contribution is 7.47. The summed E-state index contributed by atoms with van der Waals surface area (Å²) in [6, 6.07) is 0. The van der Waals surface area contributed by atoms with Gasteiger partial charge < -0.3 is 20.1 Å². The molecule has 0 bridgehead atoms. The Morgan fingerprint density at radius 1 is 0.464 bits per heavy atom. The summed E-state index contributed by atoms with van der Waals surface area (Å²) in [4.78, 5) is 35.0. The molecule has 0 aromatic carbocycles. The van der Waals surface area contributed by atoms with Gasteiger partial charge in [-0.3, -0.25) is 18.6 Å². The summed E-state index contributed by atoms with van der Waals surface area (Å²) in [6.45, 7) is 3.79. The molecule has 0 rings (SSSR count). The zero-order chi connectivity index (χ0) is 41.1. The third-order valence-electron chi connectivity index (χ3n) is 10.7. The van der Waals surface area contributed by atoms with Crippen LogP contribution in [-0.4, -0.2) is 49.3 Å². The average Bonchev–Trinajstić information content (AvgIpc) is 3.18. The Kier molecular flexibility index (Phi) is 42.8. The lowest BCUT2D eigenvalue weighted by atomic mass is 10.0. The summed E-state index contributed by atoms with van der Waals surface area (Å²) in [5.41, 5.74) is 5.36. The molecule has 56 heavy (non-hydrogen) atoms. The second kappa shape index (κ2) is 43.6. The fourth-order valence-corrected chi connectivity index (χ4v) is 7.93. The molecule has 0 aromatic heterocycles. The van der Waals surface area contributed by atoms with Crippen LogP contribution in [0.1, 0.15) is 251 Å². The molecule has 0 aromatic rings. The predicted octanol–water partition coefficient (Wildman–Crippen LogP) is 14.0. The molecule has 2 unspecified atom stereocenters. The van der Waals surface area contributed by atoms with Crippen LogP contribution in [0.5, 0.6) is 0 Å². The normalized spacial score (nSPS) is 13.1. The third kappa shape index (κ3) is 42.6. The van der Waals surface area contributed by atoms with Gasteiger partial charge in [0, 0.05) is 19.4 Å². The van der Waals surface area contributed by atoms with Gasteiger partial charge in [-0.15, -0.1) is 0 Å². The summed E-state index contributed by atoms with van der Waals surface area (Å²) in [5, 5.41) is 0. The molecule has 0 heterocycles. The molecule has 2 atom stereocenters. The van der Waals surface area contributed by atoms with Crippen LogP contribution in [0.2, 0.25) is 0 Å². The topological polar surface area (TPSA) is 134 Å². The van der Waals surface area contributed by atoms with Crippen molar-refractivity contribution in [2.75, 3.05) is 26.4 Å². The second-order valence-electron chi connectivity index (χ2n) is 16.3. The fraction of sp³-hybridized carbons (Fsp3) is 0.957. The molecule has 0 saturated heterocycles. The van der Waals surface area contributed by atoms with Crippen LogP contribution < -0.4 is 5.73 Å². The highest BCUT2D eigenvalue weighted by Gasteiger charge is 2.26. The first kappa shape index (κ1) is 55.0. The number of hydrogen-bond donors (Lipinski definition) is 2. The van der Waals surface area contributed by atoms with Gasteiger partial charge in [-0.25, -0.2) is 4.57 Å². The van der Waals surface area contributed by atoms with E-state index < -0.39 is 26.5 Å². The molecule has 0 aliphatic heterocycles. The highest BCUT2D eigenvalue weighted by Crippen LogP contribution is 2.43. The number of carbonyl (C=O) groups is 2. The molecule has 0 radical (unpaired) electrons. The number of phosphoric acid groups is 1. The van der Waals surface area contributed by atoms with Crippen molar-refractivity contribution in [2.24, 2.45) is 5.73 Å². The van der Waals surface area contributed by atoms with E-state index in [1.165, 1.54) is 186 Å². The molecule has 0 spiro atoms. The smallest absolute Gasteiger partial charge is 0.462 e. The third-order valence-corrected chi connectivity index (χ3v) is 11.7. The lowest BCUT2D eigenvalue weighted by Gasteiger charge is -2.19. The van der Waals surface area contributed by atoms with Crippen LogP contribution in [0.15, 0.2) is 0 Å². The molecular formula is C46H92NO8P. The Hall–Kier alpha value is -0.990. The predicted molar refractivity (Wildman–Crippen MR) is 234 cm³/mol. The van der Waals surface area contributed by atoms with Gasteiger partial charge in [0.05, 0.1) is 13.2 Å². The Morgan fingerprint density at radius 3 is 1.09 bits per heavy atom. The monoisotopic (exact) mass is 818 g/mol. The van der Waals surface area contributed by atoms with Crippen molar-refractivity contribution in [3.63, 3.8) is 0 Å². The Morgan fingerprint density at radius 2 is 0.768 bits per heavy atom. The molecule has 0 amide bonds. The van der Waals surface area contributed by atoms with Crippen LogP contribution in [0.3, 0.4) is 0 Å². The zero-order valence-corrected chi connectivity index (χ0v) is 37.8. The quantitative estimate of drug-likeness (QED) is 0.0350. The second-order valence-corrected chi connectivity index (χ2v) is 17.8. The SMILES string of the molecule is CCCCCCCCCCCCCCCCCCCCC(=O)OC(COC(=O)CCCCCCCCCCCCCCCCCCC)COP(=O)(O)OCCN. The standard InChI is InChI=1S/C46H92NO8P/c1-3-5-7-9-11-13-15-17-19-21-23-25-27-29-31-33-35-37-39-46(49)55-44(43-54-56(50,51)53-41-40-47)42-52-45(48)38-36-34-32-30-28-26-24-22-20-18-16-14-12-10-8-6-4-2/h44H,3-43,47H2,1-2H3,(H,50,51). The van der Waals surface area contributed by atoms with Gasteiger partial charge in [0.1, 0.15) is 6.61 Å². The van der Waals surface area contributed by atoms with Gasteiger partial charge in [-0.1, -0.05) is 226 Å². The number of hydrogen-bond acceptors (Lipinski definition) is 8. The van der Waals surface area contributed by atoms with E-state index in [1.807, 2.05) is 0 Å². The molecule has 0 aliphatic rings. The van der Waals surface area contributed by atoms with Gasteiger partial charge in [0.2, 0.25) is 0 Å². The molecule has 0 aliphatic carbocycles. The van der Waals surface area contributed by atoms with E-state index in [4.69, 9.17) is 24.3 Å². The molecule has 0 fully saturated rings. The number of unbranched alkanes of at least 4 members (excludes halogenated alkanes) is 33. The van der Waals surface area contributed by atoms with Crippen LogP contribution >= 0.6 is 7.82 Å². The van der Waals surface area contributed by atoms with Crippen molar-refractivity contribution in [1.82, 2.24) is 0 Å². The summed E-state index contributed by atoms with van der Waals surface area (Å²) in [7, 11) is -4.37. The first-order valence-electron chi connectivity index (χ1n) is 24.0. The van der Waals surface area contributed by atoms with E-state index in [0.29, 0.717) is 6.42 Å². The summed E-state index contributed by atoms with van der Waals surface area (Å²) in [5.74, 6) is -0.808. The highest BCUT2D eigenvalue weighted by atomic mass is 31.2. The minimum Gasteiger partial charge on any atom is -0.462 e. The zero-order valence-electron chi connectivity index (χ0n) is 36.9. The van der Waals surface area contributed by atoms with E-state index in [1.54, 1.807) is 0 Å². The molecule has 3 N–H and O–H groups in total. The Labute approximate surface area is 346 Å². The first-order chi connectivity index (χ1) is 27.3. The van der Waals surface area contributed by atoms with Crippen molar-refractivity contribution >= 4 is 19.8 Å². The number of rotatable bonds is 46. The lowest BCUT2D eigenvalue weighted by molar-refractivity contribution is -0.161. The number of nitrogens with two attached hydrogens (primary N) is 1. The summed E-state index contributed by atoms with van der Waals surface area (Å²) < 4.78 is 32.9. The Bertz CT molecular complexity index is 891. The van der Waals surface area contributed by atoms with Crippen molar-refractivity contribution in [3.8, 4) is 0 Å². The van der Waals surface area contributed by atoms with Crippen LogP contribution in [0.4, 0.5) is 0 Å². The molecule has 10 heteroatoms. The van der Waals surface area contributed by atoms with E-state index in [9.17, 15) is 19.0 Å². The Balaban J connectivity index is 4.03. The largest absolute Gasteiger partial charge is 0.472 e. The van der Waals surface area contributed by atoms with Crippen molar-refractivity contribution < 1.29 is 37.6 Å². The summed E-state index contributed by atoms with van der Waals surface area (Å²) >= 11 is 0. The van der Waals surface area contributed by atoms with Crippen LogP contribution in [0, 0.1) is 0 Å². The van der Waals surface area contributed by atoms with E-state index in [2.05, 4.69) is 13.8 Å². The van der Waals surface area contributed by atoms with Crippen molar-refractivity contribution in [2.45, 2.75) is 258 Å². The van der Waals surface area contributed by atoms with Crippen molar-refractivity contribution in [3.05, 3.63) is 0 Å². The lowest BCUT2D eigenvalue weighted by Crippen LogP contribution is -2.29. The van der Waals surface area contributed by atoms with E-state index >= 15 is 0 Å². The van der Waals surface area contributed by atoms with E-state index in [-0.39, 0.29) is 38.6 Å². The van der Waals surface area contributed by atoms with Gasteiger partial charge >= 0.3 is 19.8 Å². The van der Waals surface area contributed by atoms with Gasteiger partial charge in [-0.2, -0.15) is 0 Å². The number of esters is 2. The van der Waals surface area contributed by atoms with Crippen molar-refractivity contribution in [1.29, 1.82) is 0 Å². The van der Waals surface area contributed by atoms with E-state index in [0.717, 1.165) is 32.1 Å². The number of carbonyl (C=O) groups excluding carboxylic acids is 2. The minimum absolute atomic E-state index is 0.0583. The average molecular weight is 818 g/mol.